The third-order valence-corrected chi connectivity index (χ3v) is 13.4. The van der Waals surface area contributed by atoms with Crippen molar-refractivity contribution in [1.82, 2.24) is 9.97 Å². The molecular weight excluding hydrogens is 841 g/mol. The standard InChI is InChI=1S/C29H18NS.C14H16GeN.Ir/c1-3-8-20(9-4-1)22-14-15-24-25-12-7-13-26(29(25)31-28(24)19-22)27-18-23(16-17-30-27)21-10-5-2-6-11-21;1-15(2,3)13-9-10-14(16-11-13)12-7-5-4-6-8-12;/h1-12,14-19H;4-7,9-11H,1-3H3;/q2*-1;/i2D,5D,6D,10D,11D;;. The first-order valence-corrected chi connectivity index (χ1v) is 23.6. The molecule has 0 saturated heterocycles. The van der Waals surface area contributed by atoms with Crippen LogP contribution >= 0.6 is 11.3 Å². The summed E-state index contributed by atoms with van der Waals surface area (Å²) in [5, 5.41) is 2.27. The van der Waals surface area contributed by atoms with Crippen LogP contribution in [0.4, 0.5) is 0 Å². The maximum absolute atomic E-state index is 8.34. The average Bonchev–Trinajstić information content (AvgIpc) is 3.55. The minimum Gasteiger partial charge on any atom is 0 e. The van der Waals surface area contributed by atoms with Crippen molar-refractivity contribution in [2.45, 2.75) is 17.3 Å². The van der Waals surface area contributed by atoms with E-state index in [1.165, 1.54) is 4.40 Å². The fourth-order valence-corrected chi connectivity index (χ4v) is 8.83. The largest absolute Gasteiger partial charge is 0 e. The van der Waals surface area contributed by atoms with Crippen LogP contribution in [0.1, 0.15) is 6.85 Å². The number of aromatic nitrogens is 2. The van der Waals surface area contributed by atoms with Crippen molar-refractivity contribution >= 4 is 49.2 Å². The number of nitrogens with zero attached hydrogens (tertiary/aromatic N) is 2. The zero-order valence-corrected chi connectivity index (χ0v) is 32.0. The van der Waals surface area contributed by atoms with Crippen molar-refractivity contribution in [3.8, 4) is 44.8 Å². The summed E-state index contributed by atoms with van der Waals surface area (Å²) in [6.07, 6.45) is 3.65. The minimum absolute atomic E-state index is 0. The summed E-state index contributed by atoms with van der Waals surface area (Å²) in [5.74, 6) is 7.14. The van der Waals surface area contributed by atoms with E-state index in [9.17, 15) is 0 Å². The molecule has 0 N–H and O–H groups in total. The first-order valence-electron chi connectivity index (χ1n) is 17.9. The summed E-state index contributed by atoms with van der Waals surface area (Å²) in [4.78, 5) is 9.10. The van der Waals surface area contributed by atoms with E-state index in [0.29, 0.717) is 11.3 Å². The summed E-state index contributed by atoms with van der Waals surface area (Å²) >= 11 is -0.0392. The molecule has 0 unspecified atom stereocenters. The molecule has 0 aliphatic rings. The molecule has 0 aliphatic carbocycles. The molecular formula is C43H34GeIrN2S-2. The third-order valence-electron chi connectivity index (χ3n) is 7.96. The number of hydrogen-bond acceptors (Lipinski definition) is 3. The van der Waals surface area contributed by atoms with Gasteiger partial charge in [-0.2, -0.15) is 11.3 Å². The van der Waals surface area contributed by atoms with Crippen LogP contribution in [-0.4, -0.2) is 23.2 Å². The van der Waals surface area contributed by atoms with E-state index in [1.807, 2.05) is 54.7 Å². The predicted octanol–water partition coefficient (Wildman–Crippen LogP) is 11.3. The Bertz CT molecular complexity index is 2530. The Morgan fingerprint density at radius 3 is 2.17 bits per heavy atom. The molecule has 5 heteroatoms. The molecule has 0 saturated carbocycles. The number of rotatable bonds is 5. The summed E-state index contributed by atoms with van der Waals surface area (Å²) in [5.41, 5.74) is 6.55. The Kier molecular flexibility index (Phi) is 8.62. The van der Waals surface area contributed by atoms with Crippen molar-refractivity contribution in [3.63, 3.8) is 0 Å². The van der Waals surface area contributed by atoms with Gasteiger partial charge < -0.3 is 4.98 Å². The van der Waals surface area contributed by atoms with Crippen molar-refractivity contribution in [3.05, 3.63) is 164 Å². The number of fused-ring (bicyclic) bond motifs is 3. The van der Waals surface area contributed by atoms with Gasteiger partial charge in [-0.15, -0.1) is 23.8 Å². The first-order chi connectivity index (χ1) is 25.0. The van der Waals surface area contributed by atoms with Gasteiger partial charge in [0.25, 0.3) is 0 Å². The predicted molar refractivity (Wildman–Crippen MR) is 204 cm³/mol. The monoisotopic (exact) mass is 882 g/mol. The molecule has 8 rings (SSSR count). The van der Waals surface area contributed by atoms with E-state index >= 15 is 0 Å². The van der Waals surface area contributed by atoms with Gasteiger partial charge in [0.15, 0.2) is 0 Å². The van der Waals surface area contributed by atoms with Gasteiger partial charge in [-0.1, -0.05) is 84.1 Å². The van der Waals surface area contributed by atoms with E-state index in [0.717, 1.165) is 48.1 Å². The molecule has 3 heterocycles. The van der Waals surface area contributed by atoms with Gasteiger partial charge in [0.05, 0.1) is 6.85 Å². The van der Waals surface area contributed by atoms with Gasteiger partial charge >= 0.3 is 99.8 Å². The van der Waals surface area contributed by atoms with Crippen molar-refractivity contribution < 1.29 is 27.0 Å². The molecule has 0 fully saturated rings. The Balaban J connectivity index is 0.000000238. The summed E-state index contributed by atoms with van der Waals surface area (Å²) in [7, 11) is 0. The molecule has 8 aromatic rings. The number of benzene rings is 5. The smallest absolute Gasteiger partial charge is 0 e. The SMILES string of the molecule is [2H]c1c([2H])c([2H])c(-c2ccnc(-c3[c-]ccc4c3sc3cc(-c5ccccc5)ccc34)c2)c([2H])c1[2H].[CH3][Ge]([CH3])([CH3])[c]1ccc(-c2[c-]cccc2)nc1.[Ir]. The van der Waals surface area contributed by atoms with Gasteiger partial charge in [0.2, 0.25) is 0 Å². The van der Waals surface area contributed by atoms with Crippen LogP contribution in [0.3, 0.4) is 0 Å². The first kappa shape index (κ1) is 27.7. The normalized spacial score (nSPS) is 12.5. The Morgan fingerprint density at radius 1 is 0.646 bits per heavy atom. The van der Waals surface area contributed by atoms with Gasteiger partial charge in [-0.3, -0.25) is 0 Å². The maximum atomic E-state index is 8.34. The summed E-state index contributed by atoms with van der Waals surface area (Å²) < 4.78 is 44.3. The molecule has 2 nitrogen and oxygen atoms in total. The summed E-state index contributed by atoms with van der Waals surface area (Å²) in [6, 6.07) is 41.4. The molecule has 0 amide bonds. The minimum atomic E-state index is -1.72. The zero-order valence-electron chi connectivity index (χ0n) is 31.7. The molecule has 48 heavy (non-hydrogen) atoms. The molecule has 0 bridgehead atoms. The quantitative estimate of drug-likeness (QED) is 0.127. The van der Waals surface area contributed by atoms with Crippen molar-refractivity contribution in [2.75, 3.05) is 0 Å². The molecule has 0 spiro atoms. The molecule has 237 valence electrons. The topological polar surface area (TPSA) is 25.8 Å². The van der Waals surface area contributed by atoms with Crippen LogP contribution in [0.5, 0.6) is 0 Å². The van der Waals surface area contributed by atoms with Crippen LogP contribution < -0.4 is 4.40 Å². The molecule has 5 aromatic carbocycles. The van der Waals surface area contributed by atoms with Gasteiger partial charge in [-0.25, -0.2) is 0 Å². The van der Waals surface area contributed by atoms with Gasteiger partial charge in [-0.05, 0) is 50.2 Å². The second-order valence-electron chi connectivity index (χ2n) is 12.2. The van der Waals surface area contributed by atoms with Crippen LogP contribution in [-0.2, 0) is 20.1 Å². The van der Waals surface area contributed by atoms with Crippen LogP contribution in [0.15, 0.2) is 152 Å². The van der Waals surface area contributed by atoms with Crippen LogP contribution in [0.2, 0.25) is 17.3 Å². The van der Waals surface area contributed by atoms with E-state index in [-0.39, 0.29) is 49.8 Å². The fourth-order valence-electron chi connectivity index (χ4n) is 5.41. The van der Waals surface area contributed by atoms with E-state index in [4.69, 9.17) is 6.85 Å². The molecule has 0 atom stereocenters. The Labute approximate surface area is 310 Å². The van der Waals surface area contributed by atoms with Crippen molar-refractivity contribution in [1.29, 1.82) is 0 Å². The van der Waals surface area contributed by atoms with Crippen LogP contribution in [0.25, 0.3) is 64.9 Å². The van der Waals surface area contributed by atoms with Crippen molar-refractivity contribution in [2.24, 2.45) is 0 Å². The second-order valence-corrected chi connectivity index (χ2v) is 23.9. The van der Waals surface area contributed by atoms with E-state index in [1.54, 1.807) is 29.7 Å². The number of pyridine rings is 2. The summed E-state index contributed by atoms with van der Waals surface area (Å²) in [6.45, 7) is 0. The molecule has 1 radical (unpaired) electrons. The Morgan fingerprint density at radius 2 is 1.44 bits per heavy atom. The Hall–Kier alpha value is -4.19. The maximum Gasteiger partial charge on any atom is 0 e. The molecule has 0 aliphatic heterocycles. The fraction of sp³-hybridized carbons (Fsp3) is 0.0698. The van der Waals surface area contributed by atoms with Gasteiger partial charge in [0.1, 0.15) is 0 Å². The van der Waals surface area contributed by atoms with E-state index in [2.05, 4.69) is 87.9 Å². The zero-order chi connectivity index (χ0) is 36.6. The van der Waals surface area contributed by atoms with Gasteiger partial charge in [0, 0.05) is 31.0 Å². The third kappa shape index (κ3) is 7.43. The molecule has 3 aromatic heterocycles. The average molecular weight is 881 g/mol. The second kappa shape index (κ2) is 14.9. The number of thiophene rings is 1. The number of hydrogen-bond donors (Lipinski definition) is 0. The van der Waals surface area contributed by atoms with E-state index < -0.39 is 19.3 Å². The van der Waals surface area contributed by atoms with Crippen LogP contribution in [0, 0.1) is 12.1 Å².